The van der Waals surface area contributed by atoms with E-state index < -0.39 is 11.0 Å². The molecule has 0 spiro atoms. The maximum absolute atomic E-state index is 12.1. The van der Waals surface area contributed by atoms with Gasteiger partial charge in [-0.05, 0) is 24.3 Å². The summed E-state index contributed by atoms with van der Waals surface area (Å²) in [5.74, 6) is 0.0948. The third-order valence-electron chi connectivity index (χ3n) is 3.38. The highest BCUT2D eigenvalue weighted by molar-refractivity contribution is 6.00. The molecule has 1 aliphatic rings. The van der Waals surface area contributed by atoms with Crippen LogP contribution in [0.5, 0.6) is 11.5 Å². The molecule has 1 heterocycles. The minimum absolute atomic E-state index is 0.00130. The highest BCUT2D eigenvalue weighted by atomic mass is 16.6. The molecule has 0 amide bonds. The molecule has 21 heavy (non-hydrogen) atoms. The Bertz CT molecular complexity index is 741. The molecule has 6 heteroatoms. The third-order valence-corrected chi connectivity index (χ3v) is 3.38. The Balaban J connectivity index is 2.02. The number of nitrogens with zero attached hydrogens (tertiary/aromatic N) is 1. The Morgan fingerprint density at radius 1 is 1.24 bits per heavy atom. The van der Waals surface area contributed by atoms with Gasteiger partial charge in [0.15, 0.2) is 5.78 Å². The number of phenolic OH excluding ortho intramolecular Hbond substituents is 1. The topological polar surface area (TPSA) is 89.7 Å². The van der Waals surface area contributed by atoms with Crippen LogP contribution < -0.4 is 4.74 Å². The molecule has 0 saturated carbocycles. The molecule has 0 radical (unpaired) electrons. The fraction of sp³-hybridized carbons (Fsp3) is 0.133. The largest absolute Gasteiger partial charge is 0.508 e. The van der Waals surface area contributed by atoms with Crippen LogP contribution in [0, 0.1) is 10.1 Å². The molecule has 0 bridgehead atoms. The number of aromatic hydroxyl groups is 1. The second-order valence-electron chi connectivity index (χ2n) is 4.73. The van der Waals surface area contributed by atoms with Crippen molar-refractivity contribution in [2.45, 2.75) is 12.5 Å². The standard InChI is InChI=1S/C15H11NO5/c17-9-5-6-14-11(7-9)13(18)8-15(21-14)10-3-1-2-4-12(10)16(19)20/h1-7,15,17H,8H2. The lowest BCUT2D eigenvalue weighted by Gasteiger charge is -2.25. The van der Waals surface area contributed by atoms with E-state index in [4.69, 9.17) is 4.74 Å². The van der Waals surface area contributed by atoms with Crippen LogP contribution in [0.15, 0.2) is 42.5 Å². The first-order chi connectivity index (χ1) is 10.1. The van der Waals surface area contributed by atoms with Crippen molar-refractivity contribution >= 4 is 11.5 Å². The molecule has 1 aliphatic heterocycles. The van der Waals surface area contributed by atoms with Crippen LogP contribution in [0.1, 0.15) is 28.4 Å². The van der Waals surface area contributed by atoms with E-state index in [1.807, 2.05) is 0 Å². The average Bonchev–Trinajstić information content (AvgIpc) is 2.47. The maximum Gasteiger partial charge on any atom is 0.276 e. The predicted molar refractivity (Wildman–Crippen MR) is 73.5 cm³/mol. The number of ether oxygens (including phenoxy) is 1. The van der Waals surface area contributed by atoms with Gasteiger partial charge in [0, 0.05) is 6.07 Å². The van der Waals surface area contributed by atoms with Crippen molar-refractivity contribution in [1.29, 1.82) is 0 Å². The van der Waals surface area contributed by atoms with Gasteiger partial charge in [-0.15, -0.1) is 0 Å². The number of nitro groups is 1. The van der Waals surface area contributed by atoms with Crippen LogP contribution >= 0.6 is 0 Å². The molecular formula is C15H11NO5. The minimum atomic E-state index is -0.698. The fourth-order valence-corrected chi connectivity index (χ4v) is 2.41. The van der Waals surface area contributed by atoms with E-state index in [1.165, 1.54) is 24.3 Å². The van der Waals surface area contributed by atoms with Gasteiger partial charge in [0.25, 0.3) is 5.69 Å². The summed E-state index contributed by atoms with van der Waals surface area (Å²) in [7, 11) is 0. The van der Waals surface area contributed by atoms with E-state index in [9.17, 15) is 20.0 Å². The molecule has 0 aliphatic carbocycles. The first-order valence-corrected chi connectivity index (χ1v) is 6.32. The van der Waals surface area contributed by atoms with E-state index in [-0.39, 0.29) is 23.6 Å². The number of carbonyl (C=O) groups is 1. The number of rotatable bonds is 2. The summed E-state index contributed by atoms with van der Waals surface area (Å²) >= 11 is 0. The number of hydrogen-bond donors (Lipinski definition) is 1. The average molecular weight is 285 g/mol. The molecule has 1 atom stereocenters. The van der Waals surface area contributed by atoms with Crippen LogP contribution in [-0.2, 0) is 0 Å². The molecule has 0 aromatic heterocycles. The van der Waals surface area contributed by atoms with Crippen LogP contribution in [-0.4, -0.2) is 15.8 Å². The van der Waals surface area contributed by atoms with Crippen molar-refractivity contribution in [3.05, 3.63) is 63.7 Å². The van der Waals surface area contributed by atoms with Gasteiger partial charge >= 0.3 is 0 Å². The van der Waals surface area contributed by atoms with E-state index in [0.29, 0.717) is 16.9 Å². The van der Waals surface area contributed by atoms with Gasteiger partial charge in [-0.25, -0.2) is 0 Å². The van der Waals surface area contributed by atoms with E-state index in [2.05, 4.69) is 0 Å². The number of ketones is 1. The Morgan fingerprint density at radius 3 is 2.76 bits per heavy atom. The monoisotopic (exact) mass is 285 g/mol. The second kappa shape index (κ2) is 4.90. The highest BCUT2D eigenvalue weighted by Gasteiger charge is 2.31. The summed E-state index contributed by atoms with van der Waals surface area (Å²) in [6.45, 7) is 0. The zero-order valence-electron chi connectivity index (χ0n) is 10.9. The van der Waals surface area contributed by atoms with E-state index >= 15 is 0 Å². The quantitative estimate of drug-likeness (QED) is 0.676. The minimum Gasteiger partial charge on any atom is -0.508 e. The van der Waals surface area contributed by atoms with Crippen LogP contribution in [0.3, 0.4) is 0 Å². The molecule has 1 N–H and O–H groups in total. The van der Waals surface area contributed by atoms with Crippen molar-refractivity contribution in [3.8, 4) is 11.5 Å². The third kappa shape index (κ3) is 2.31. The van der Waals surface area contributed by atoms with Crippen molar-refractivity contribution < 1.29 is 19.6 Å². The molecule has 3 rings (SSSR count). The summed E-state index contributed by atoms with van der Waals surface area (Å²) in [4.78, 5) is 22.7. The molecule has 1 unspecified atom stereocenters. The maximum atomic E-state index is 12.1. The van der Waals surface area contributed by atoms with Gasteiger partial charge < -0.3 is 9.84 Å². The molecule has 0 saturated heterocycles. The lowest BCUT2D eigenvalue weighted by atomic mass is 9.95. The molecule has 2 aromatic carbocycles. The van der Waals surface area contributed by atoms with Crippen LogP contribution in [0.2, 0.25) is 0 Å². The van der Waals surface area contributed by atoms with E-state index in [1.54, 1.807) is 18.2 Å². The van der Waals surface area contributed by atoms with Crippen molar-refractivity contribution in [2.75, 3.05) is 0 Å². The van der Waals surface area contributed by atoms with Gasteiger partial charge in [0.1, 0.15) is 17.6 Å². The van der Waals surface area contributed by atoms with E-state index in [0.717, 1.165) is 0 Å². The SMILES string of the molecule is O=C1CC(c2ccccc2[N+](=O)[O-])Oc2ccc(O)cc21. The number of phenols is 1. The van der Waals surface area contributed by atoms with Gasteiger partial charge in [-0.2, -0.15) is 0 Å². The highest BCUT2D eigenvalue weighted by Crippen LogP contribution is 2.38. The normalized spacial score (nSPS) is 17.0. The molecule has 106 valence electrons. The second-order valence-corrected chi connectivity index (χ2v) is 4.73. The first kappa shape index (κ1) is 13.1. The molecule has 2 aromatic rings. The number of para-hydroxylation sites is 1. The molecule has 6 nitrogen and oxygen atoms in total. The van der Waals surface area contributed by atoms with Gasteiger partial charge in [0.05, 0.1) is 22.5 Å². The fourth-order valence-electron chi connectivity index (χ4n) is 2.41. The summed E-state index contributed by atoms with van der Waals surface area (Å²) in [5, 5.41) is 20.5. The molecular weight excluding hydrogens is 274 g/mol. The lowest BCUT2D eigenvalue weighted by Crippen LogP contribution is -2.21. The van der Waals surface area contributed by atoms with Crippen LogP contribution in [0.4, 0.5) is 5.69 Å². The first-order valence-electron chi connectivity index (χ1n) is 6.32. The summed E-state index contributed by atoms with van der Waals surface area (Å²) < 4.78 is 5.70. The number of Topliss-reactive ketones (excluding diaryl/α,β-unsaturated/α-hetero) is 1. The van der Waals surface area contributed by atoms with Gasteiger partial charge in [-0.1, -0.05) is 12.1 Å². The number of fused-ring (bicyclic) bond motifs is 1. The van der Waals surface area contributed by atoms with Crippen molar-refractivity contribution in [1.82, 2.24) is 0 Å². The Hall–Kier alpha value is -2.89. The number of hydrogen-bond acceptors (Lipinski definition) is 5. The van der Waals surface area contributed by atoms with Gasteiger partial charge in [0.2, 0.25) is 0 Å². The molecule has 0 fully saturated rings. The van der Waals surface area contributed by atoms with Crippen LogP contribution in [0.25, 0.3) is 0 Å². The summed E-state index contributed by atoms with van der Waals surface area (Å²) in [6.07, 6.45) is -0.697. The smallest absolute Gasteiger partial charge is 0.276 e. The summed E-state index contributed by atoms with van der Waals surface area (Å²) in [5.41, 5.74) is 0.594. The van der Waals surface area contributed by atoms with Gasteiger partial charge in [-0.3, -0.25) is 14.9 Å². The summed E-state index contributed by atoms with van der Waals surface area (Å²) in [6, 6.07) is 10.4. The Morgan fingerprint density at radius 2 is 2.00 bits per heavy atom. The predicted octanol–water partition coefficient (Wildman–Crippen LogP) is 3.01. The van der Waals surface area contributed by atoms with Crippen molar-refractivity contribution in [3.63, 3.8) is 0 Å². The Labute approximate surface area is 119 Å². The zero-order chi connectivity index (χ0) is 15.0. The number of benzene rings is 2. The van der Waals surface area contributed by atoms with Crippen molar-refractivity contribution in [2.24, 2.45) is 0 Å². The number of nitro benzene ring substituents is 1. The zero-order valence-corrected chi connectivity index (χ0v) is 10.9. The Kier molecular flexibility index (Phi) is 3.06. The lowest BCUT2D eigenvalue weighted by molar-refractivity contribution is -0.386. The number of carbonyl (C=O) groups excluding carboxylic acids is 1.